The van der Waals surface area contributed by atoms with E-state index in [1.54, 1.807) is 0 Å². The third kappa shape index (κ3) is 5.74. The van der Waals surface area contributed by atoms with Crippen molar-refractivity contribution in [3.8, 4) is 0 Å². The van der Waals surface area contributed by atoms with Crippen LogP contribution in [0.3, 0.4) is 0 Å². The van der Waals surface area contributed by atoms with E-state index in [1.165, 1.54) is 0 Å². The monoisotopic (exact) mass is 230 g/mol. The second-order valence-corrected chi connectivity index (χ2v) is 4.70. The Bertz CT molecular complexity index is 152. The van der Waals surface area contributed by atoms with E-state index in [1.807, 2.05) is 10.0 Å². The molecule has 2 saturated heterocycles. The lowest BCUT2D eigenvalue weighted by atomic mass is 10.3. The van der Waals surface area contributed by atoms with Gasteiger partial charge in [0.1, 0.15) is 0 Å². The molecule has 0 amide bonds. The number of hydrazine groups is 2. The molecule has 0 aromatic rings. The van der Waals surface area contributed by atoms with E-state index in [9.17, 15) is 0 Å². The average Bonchev–Trinajstić information content (AvgIpc) is 2.17. The Balaban J connectivity index is 0.000000160. The molecule has 6 nitrogen and oxygen atoms in total. The summed E-state index contributed by atoms with van der Waals surface area (Å²) in [7, 11) is 0. The van der Waals surface area contributed by atoms with Crippen molar-refractivity contribution in [3.63, 3.8) is 0 Å². The predicted octanol–water partition coefficient (Wildman–Crippen LogP) is -1.69. The number of nitrogens with zero attached hydrogens (tertiary/aromatic N) is 2. The number of nitrogens with one attached hydrogen (secondary N) is 2. The van der Waals surface area contributed by atoms with Crippen LogP contribution < -0.4 is 22.3 Å². The molecule has 0 radical (unpaired) electrons. The standard InChI is InChI=1S/2C5H13N3/c2*1-5-4-8(6)3-2-7-5/h2*5,7H,2-4,6H2,1H3. The fourth-order valence-corrected chi connectivity index (χ4v) is 1.92. The van der Waals surface area contributed by atoms with E-state index in [-0.39, 0.29) is 0 Å². The van der Waals surface area contributed by atoms with Crippen molar-refractivity contribution in [3.05, 3.63) is 0 Å². The number of nitrogens with two attached hydrogens (primary N) is 2. The molecule has 2 aliphatic heterocycles. The lowest BCUT2D eigenvalue weighted by molar-refractivity contribution is 0.212. The van der Waals surface area contributed by atoms with Crippen LogP contribution in [0.2, 0.25) is 0 Å². The second kappa shape index (κ2) is 7.16. The molecule has 0 aliphatic carbocycles. The Labute approximate surface area is 98.3 Å². The van der Waals surface area contributed by atoms with E-state index in [0.29, 0.717) is 12.1 Å². The van der Waals surface area contributed by atoms with E-state index < -0.39 is 0 Å². The first kappa shape index (κ1) is 13.8. The van der Waals surface area contributed by atoms with Crippen LogP contribution in [0.4, 0.5) is 0 Å². The average molecular weight is 230 g/mol. The maximum Gasteiger partial charge on any atom is 0.0280 e. The summed E-state index contributed by atoms with van der Waals surface area (Å²) in [4.78, 5) is 0. The van der Waals surface area contributed by atoms with Crippen LogP contribution in [-0.4, -0.2) is 61.4 Å². The van der Waals surface area contributed by atoms with Gasteiger partial charge in [0, 0.05) is 51.4 Å². The first-order valence-electron chi connectivity index (χ1n) is 6.04. The molecular formula is C10H26N6. The number of rotatable bonds is 0. The summed E-state index contributed by atoms with van der Waals surface area (Å²) in [5.41, 5.74) is 0. The molecule has 96 valence electrons. The minimum Gasteiger partial charge on any atom is -0.312 e. The lowest BCUT2D eigenvalue weighted by Gasteiger charge is -2.27. The molecule has 2 unspecified atom stereocenters. The van der Waals surface area contributed by atoms with Gasteiger partial charge in [-0.2, -0.15) is 0 Å². The summed E-state index contributed by atoms with van der Waals surface area (Å²) < 4.78 is 0. The van der Waals surface area contributed by atoms with Crippen LogP contribution in [0.25, 0.3) is 0 Å². The zero-order chi connectivity index (χ0) is 12.0. The third-order valence-corrected chi connectivity index (χ3v) is 2.80. The fourth-order valence-electron chi connectivity index (χ4n) is 1.92. The predicted molar refractivity (Wildman–Crippen MR) is 66.5 cm³/mol. The van der Waals surface area contributed by atoms with Crippen LogP contribution in [-0.2, 0) is 0 Å². The van der Waals surface area contributed by atoms with Gasteiger partial charge in [-0.25, -0.2) is 10.0 Å². The molecule has 0 spiro atoms. The van der Waals surface area contributed by atoms with E-state index in [4.69, 9.17) is 11.7 Å². The second-order valence-electron chi connectivity index (χ2n) is 4.70. The van der Waals surface area contributed by atoms with Gasteiger partial charge < -0.3 is 10.6 Å². The first-order chi connectivity index (χ1) is 7.58. The van der Waals surface area contributed by atoms with Crippen LogP contribution >= 0.6 is 0 Å². The summed E-state index contributed by atoms with van der Waals surface area (Å²) in [6, 6.07) is 1.13. The Kier molecular flexibility index (Phi) is 6.18. The zero-order valence-electron chi connectivity index (χ0n) is 10.4. The molecule has 6 heteroatoms. The highest BCUT2D eigenvalue weighted by Crippen LogP contribution is 1.90. The number of piperazine rings is 2. The molecule has 2 aliphatic rings. The summed E-state index contributed by atoms with van der Waals surface area (Å²) in [5, 5.41) is 10.3. The van der Waals surface area contributed by atoms with Gasteiger partial charge in [0.2, 0.25) is 0 Å². The van der Waals surface area contributed by atoms with Gasteiger partial charge in [0.15, 0.2) is 0 Å². The van der Waals surface area contributed by atoms with E-state index in [0.717, 1.165) is 39.3 Å². The van der Waals surface area contributed by atoms with E-state index in [2.05, 4.69) is 24.5 Å². The molecule has 2 heterocycles. The van der Waals surface area contributed by atoms with Crippen molar-refractivity contribution in [2.24, 2.45) is 11.7 Å². The summed E-state index contributed by atoms with van der Waals surface area (Å²) >= 11 is 0. The molecule has 6 N–H and O–H groups in total. The lowest BCUT2D eigenvalue weighted by Crippen LogP contribution is -2.51. The Morgan fingerprint density at radius 1 is 0.875 bits per heavy atom. The van der Waals surface area contributed by atoms with Crippen LogP contribution in [0.1, 0.15) is 13.8 Å². The molecule has 2 atom stereocenters. The van der Waals surface area contributed by atoms with Crippen LogP contribution in [0, 0.1) is 0 Å². The topological polar surface area (TPSA) is 82.6 Å². The molecule has 0 aromatic carbocycles. The van der Waals surface area contributed by atoms with E-state index >= 15 is 0 Å². The summed E-state index contributed by atoms with van der Waals surface area (Å²) in [6.07, 6.45) is 0. The van der Waals surface area contributed by atoms with Gasteiger partial charge in [0.25, 0.3) is 0 Å². The van der Waals surface area contributed by atoms with Crippen molar-refractivity contribution in [1.82, 2.24) is 20.7 Å². The highest BCUT2D eigenvalue weighted by molar-refractivity contribution is 4.71. The third-order valence-electron chi connectivity index (χ3n) is 2.80. The van der Waals surface area contributed by atoms with Gasteiger partial charge in [0.05, 0.1) is 0 Å². The van der Waals surface area contributed by atoms with Gasteiger partial charge in [-0.05, 0) is 13.8 Å². The van der Waals surface area contributed by atoms with Crippen molar-refractivity contribution < 1.29 is 0 Å². The Hall–Kier alpha value is -0.240. The van der Waals surface area contributed by atoms with Crippen LogP contribution in [0.5, 0.6) is 0 Å². The minimum atomic E-state index is 0.564. The number of hydrogen-bond acceptors (Lipinski definition) is 6. The maximum absolute atomic E-state index is 5.52. The summed E-state index contributed by atoms with van der Waals surface area (Å²) in [6.45, 7) is 10.2. The van der Waals surface area contributed by atoms with Gasteiger partial charge in [-0.3, -0.25) is 11.7 Å². The molecule has 16 heavy (non-hydrogen) atoms. The quantitative estimate of drug-likeness (QED) is 0.372. The van der Waals surface area contributed by atoms with Gasteiger partial charge in [-0.15, -0.1) is 0 Å². The van der Waals surface area contributed by atoms with Crippen molar-refractivity contribution in [2.45, 2.75) is 25.9 Å². The van der Waals surface area contributed by atoms with Gasteiger partial charge >= 0.3 is 0 Å². The van der Waals surface area contributed by atoms with Gasteiger partial charge in [-0.1, -0.05) is 0 Å². The zero-order valence-corrected chi connectivity index (χ0v) is 10.4. The molecule has 2 fully saturated rings. The SMILES string of the molecule is CC1CN(N)CCN1.CC1CN(N)CCN1. The largest absolute Gasteiger partial charge is 0.312 e. The molecule has 0 saturated carbocycles. The highest BCUT2D eigenvalue weighted by atomic mass is 15.4. The minimum absolute atomic E-state index is 0.564. The molecular weight excluding hydrogens is 204 g/mol. The highest BCUT2D eigenvalue weighted by Gasteiger charge is 2.11. The Morgan fingerprint density at radius 3 is 1.44 bits per heavy atom. The molecule has 0 bridgehead atoms. The van der Waals surface area contributed by atoms with Crippen molar-refractivity contribution in [2.75, 3.05) is 39.3 Å². The molecule has 0 aromatic heterocycles. The number of hydrogen-bond donors (Lipinski definition) is 4. The van der Waals surface area contributed by atoms with Crippen molar-refractivity contribution in [1.29, 1.82) is 0 Å². The maximum atomic E-state index is 5.52. The first-order valence-corrected chi connectivity index (χ1v) is 6.04. The van der Waals surface area contributed by atoms with Crippen molar-refractivity contribution >= 4 is 0 Å². The van der Waals surface area contributed by atoms with Crippen LogP contribution in [0.15, 0.2) is 0 Å². The molecule has 2 rings (SSSR count). The summed E-state index contributed by atoms with van der Waals surface area (Å²) in [5.74, 6) is 11.0. The Morgan fingerprint density at radius 2 is 1.25 bits per heavy atom. The fraction of sp³-hybridized carbons (Fsp3) is 1.00. The normalized spacial score (nSPS) is 33.0. The smallest absolute Gasteiger partial charge is 0.0280 e.